The lowest BCUT2D eigenvalue weighted by atomic mass is 9.50. The van der Waals surface area contributed by atoms with Gasteiger partial charge in [-0.05, 0) is 68.6 Å². The Morgan fingerprint density at radius 1 is 1.00 bits per heavy atom. The minimum absolute atomic E-state index is 0.0458. The molecule has 216 valence electrons. The van der Waals surface area contributed by atoms with E-state index in [0.717, 1.165) is 38.5 Å². The zero-order valence-corrected chi connectivity index (χ0v) is 22.4. The summed E-state index contributed by atoms with van der Waals surface area (Å²) in [5.41, 5.74) is 2.76. The molecule has 0 aromatic heterocycles. The van der Waals surface area contributed by atoms with Crippen molar-refractivity contribution in [3.05, 3.63) is 12.2 Å². The maximum Gasteiger partial charge on any atom is 0.230 e. The van der Waals surface area contributed by atoms with E-state index < -0.39 is 76.8 Å². The third-order valence-corrected chi connectivity index (χ3v) is 10.6. The molecule has 0 aromatic carbocycles. The van der Waals surface area contributed by atoms with E-state index >= 15 is 0 Å². The van der Waals surface area contributed by atoms with Gasteiger partial charge in [-0.25, -0.2) is 0 Å². The number of carbonyl (C=O) groups excluding carboxylic acids is 4. The molecule has 39 heavy (non-hydrogen) atoms. The lowest BCUT2D eigenvalue weighted by molar-refractivity contribution is -0.186. The second kappa shape index (κ2) is 10.8. The van der Waals surface area contributed by atoms with Crippen LogP contribution in [-0.4, -0.2) is 80.8 Å². The highest BCUT2D eigenvalue weighted by Gasteiger charge is 2.67. The number of rotatable bonds is 6. The molecule has 0 aliphatic heterocycles. The Hall–Kier alpha value is -1.98. The van der Waals surface area contributed by atoms with Gasteiger partial charge in [-0.3, -0.25) is 19.2 Å². The van der Waals surface area contributed by atoms with Crippen molar-refractivity contribution < 1.29 is 44.3 Å². The van der Waals surface area contributed by atoms with Crippen LogP contribution in [0.5, 0.6) is 0 Å². The van der Waals surface area contributed by atoms with Crippen LogP contribution in [0.1, 0.15) is 57.8 Å². The summed E-state index contributed by atoms with van der Waals surface area (Å²) in [6.45, 7) is 0. The quantitative estimate of drug-likeness (QED) is 0.227. The molecule has 0 bridgehead atoms. The summed E-state index contributed by atoms with van der Waals surface area (Å²) >= 11 is 0. The van der Waals surface area contributed by atoms with E-state index in [1.54, 1.807) is 13.2 Å². The molecule has 4 saturated carbocycles. The number of aliphatic hydroxyl groups is 4. The zero-order valence-electron chi connectivity index (χ0n) is 22.4. The van der Waals surface area contributed by atoms with Gasteiger partial charge in [0.25, 0.3) is 0 Å². The van der Waals surface area contributed by atoms with Crippen LogP contribution in [0.15, 0.2) is 12.2 Å². The second-order valence-corrected chi connectivity index (χ2v) is 12.7. The Kier molecular flexibility index (Phi) is 7.89. The number of hydrogen-bond donors (Lipinski definition) is 5. The monoisotopic (exact) mass is 547 g/mol. The Bertz CT molecular complexity index is 1040. The summed E-state index contributed by atoms with van der Waals surface area (Å²) in [4.78, 5) is 52.4. The van der Waals surface area contributed by atoms with Crippen LogP contribution >= 0.6 is 0 Å². The fourth-order valence-corrected chi connectivity index (χ4v) is 8.63. The van der Waals surface area contributed by atoms with E-state index in [9.17, 15) is 39.6 Å². The number of amides is 1. The molecule has 6 N–H and O–H groups in total. The molecule has 0 aromatic rings. The number of ether oxygens (including phenoxy) is 1. The highest BCUT2D eigenvalue weighted by molar-refractivity contribution is 6.23. The largest absolute Gasteiger partial charge is 0.392 e. The molecule has 0 saturated heterocycles. The third kappa shape index (κ3) is 4.72. The van der Waals surface area contributed by atoms with Crippen molar-refractivity contribution in [3.8, 4) is 0 Å². The first-order chi connectivity index (χ1) is 18.5. The SMILES string of the molecule is COC1CC(CCCC2C=CC(O)C3C(=O)C4C(=O)[C@]5(O)C(=O)C(C(N)=O)C(O)C[C@@H]5C[C@@H]4CC23)CCC1O. The number of Topliss-reactive ketones (excluding diaryl/α,β-unsaturated/α-hetero) is 3. The van der Waals surface area contributed by atoms with Crippen molar-refractivity contribution in [1.82, 2.24) is 0 Å². The number of fused-ring (bicyclic) bond motifs is 3. The average molecular weight is 548 g/mol. The van der Waals surface area contributed by atoms with E-state index in [2.05, 4.69) is 0 Å². The Morgan fingerprint density at radius 2 is 1.74 bits per heavy atom. The summed E-state index contributed by atoms with van der Waals surface area (Å²) in [6.07, 6.45) is 6.38. The van der Waals surface area contributed by atoms with E-state index in [4.69, 9.17) is 10.5 Å². The summed E-state index contributed by atoms with van der Waals surface area (Å²) < 4.78 is 5.43. The topological polar surface area (TPSA) is 184 Å². The number of ketones is 3. The Labute approximate surface area is 228 Å². The molecular weight excluding hydrogens is 506 g/mol. The summed E-state index contributed by atoms with van der Waals surface area (Å²) in [7, 11) is 1.62. The first-order valence-corrected chi connectivity index (χ1v) is 14.4. The number of allylic oxidation sites excluding steroid dienone is 1. The first kappa shape index (κ1) is 28.5. The van der Waals surface area contributed by atoms with Gasteiger partial charge in [-0.2, -0.15) is 0 Å². The molecule has 5 aliphatic carbocycles. The number of primary amides is 1. The lowest BCUT2D eigenvalue weighted by Crippen LogP contribution is -2.70. The van der Waals surface area contributed by atoms with Crippen LogP contribution in [0, 0.1) is 47.3 Å². The van der Waals surface area contributed by atoms with Crippen LogP contribution in [-0.2, 0) is 23.9 Å². The molecule has 5 rings (SSSR count). The summed E-state index contributed by atoms with van der Waals surface area (Å²) in [5.74, 6) is -8.30. The molecule has 10 nitrogen and oxygen atoms in total. The fraction of sp³-hybridized carbons (Fsp3) is 0.793. The molecule has 0 radical (unpaired) electrons. The molecular formula is C29H41NO9. The number of methoxy groups -OCH3 is 1. The third-order valence-electron chi connectivity index (χ3n) is 10.6. The molecule has 4 fully saturated rings. The van der Waals surface area contributed by atoms with Gasteiger partial charge in [0.1, 0.15) is 11.7 Å². The number of nitrogens with two attached hydrogens (primary N) is 1. The highest BCUT2D eigenvalue weighted by atomic mass is 16.5. The molecule has 0 heterocycles. The predicted molar refractivity (Wildman–Crippen MR) is 137 cm³/mol. The van der Waals surface area contributed by atoms with Crippen molar-refractivity contribution >= 4 is 23.3 Å². The molecule has 0 spiro atoms. The van der Waals surface area contributed by atoms with Crippen molar-refractivity contribution in [3.63, 3.8) is 0 Å². The maximum atomic E-state index is 13.8. The summed E-state index contributed by atoms with van der Waals surface area (Å²) in [5, 5.41) is 42.7. The normalized spacial score (nSPS) is 47.8. The van der Waals surface area contributed by atoms with Crippen molar-refractivity contribution in [1.29, 1.82) is 0 Å². The lowest BCUT2D eigenvalue weighted by Gasteiger charge is -2.53. The van der Waals surface area contributed by atoms with Crippen LogP contribution in [0.3, 0.4) is 0 Å². The smallest absolute Gasteiger partial charge is 0.230 e. The molecule has 5 aliphatic rings. The molecule has 10 heteroatoms. The zero-order chi connectivity index (χ0) is 28.2. The molecule has 1 amide bonds. The van der Waals surface area contributed by atoms with E-state index in [-0.39, 0.29) is 30.8 Å². The van der Waals surface area contributed by atoms with Gasteiger partial charge in [-0.15, -0.1) is 0 Å². The van der Waals surface area contributed by atoms with Gasteiger partial charge in [0.2, 0.25) is 5.91 Å². The average Bonchev–Trinajstić information content (AvgIpc) is 2.88. The molecule has 13 atom stereocenters. The van der Waals surface area contributed by atoms with Crippen molar-refractivity contribution in [2.75, 3.05) is 7.11 Å². The first-order valence-electron chi connectivity index (χ1n) is 14.4. The van der Waals surface area contributed by atoms with Crippen LogP contribution < -0.4 is 5.73 Å². The van der Waals surface area contributed by atoms with Gasteiger partial charge in [0.15, 0.2) is 17.2 Å². The van der Waals surface area contributed by atoms with Crippen LogP contribution in [0.4, 0.5) is 0 Å². The van der Waals surface area contributed by atoms with Gasteiger partial charge in [0, 0.05) is 13.0 Å². The number of hydrogen-bond acceptors (Lipinski definition) is 9. The molecule has 10 unspecified atom stereocenters. The Balaban J connectivity index is 1.30. The highest BCUT2D eigenvalue weighted by Crippen LogP contribution is 2.54. The number of aliphatic hydroxyl groups excluding tert-OH is 3. The van der Waals surface area contributed by atoms with Gasteiger partial charge in [-0.1, -0.05) is 25.0 Å². The number of carbonyl (C=O) groups is 4. The Morgan fingerprint density at radius 3 is 2.44 bits per heavy atom. The fourth-order valence-electron chi connectivity index (χ4n) is 8.63. The van der Waals surface area contributed by atoms with Crippen molar-refractivity contribution in [2.45, 2.75) is 87.8 Å². The van der Waals surface area contributed by atoms with Gasteiger partial charge in [0.05, 0.1) is 36.3 Å². The summed E-state index contributed by atoms with van der Waals surface area (Å²) in [6, 6.07) is 0. The van der Waals surface area contributed by atoms with Crippen LogP contribution in [0.2, 0.25) is 0 Å². The van der Waals surface area contributed by atoms with E-state index in [1.807, 2.05) is 6.08 Å². The second-order valence-electron chi connectivity index (χ2n) is 12.7. The van der Waals surface area contributed by atoms with Gasteiger partial charge >= 0.3 is 0 Å². The minimum Gasteiger partial charge on any atom is -0.392 e. The van der Waals surface area contributed by atoms with Gasteiger partial charge < -0.3 is 30.9 Å². The van der Waals surface area contributed by atoms with E-state index in [1.165, 1.54) is 0 Å². The predicted octanol–water partition coefficient (Wildman–Crippen LogP) is 0.0725. The maximum absolute atomic E-state index is 13.8. The standard InChI is InChI=1S/C29H41NO9/c1-39-21-9-13(5-7-18(21)31)3-2-4-14-6-8-19(32)23-17(14)11-15-10-16-12-20(33)24(28(30)37)27(36)29(16,38)26(35)22(15)25(23)34/h6,8,13-24,31-33,38H,2-5,7,9-12H2,1H3,(H2,30,37)/t13?,14?,15-,16+,17?,18?,19?,20?,21?,22?,23?,24?,29+/m1/s1. The minimum atomic E-state index is -2.54. The van der Waals surface area contributed by atoms with E-state index in [0.29, 0.717) is 12.3 Å². The van der Waals surface area contributed by atoms with Crippen LogP contribution in [0.25, 0.3) is 0 Å². The van der Waals surface area contributed by atoms with Crippen molar-refractivity contribution in [2.24, 2.45) is 53.1 Å².